The van der Waals surface area contributed by atoms with Gasteiger partial charge in [0.1, 0.15) is 6.61 Å². The van der Waals surface area contributed by atoms with Crippen LogP contribution in [0.3, 0.4) is 0 Å². The highest BCUT2D eigenvalue weighted by Crippen LogP contribution is 2.14. The van der Waals surface area contributed by atoms with Crippen LogP contribution >= 0.6 is 0 Å². The SMILES string of the molecule is C=C(C)C(=O)OCCOCCC[Si](C)(C)OCCCC. The minimum absolute atomic E-state index is 0.291. The summed E-state index contributed by atoms with van der Waals surface area (Å²) in [5, 5.41) is 0. The zero-order chi connectivity index (χ0) is 15.4. The van der Waals surface area contributed by atoms with E-state index in [1.165, 1.54) is 6.42 Å². The molecule has 0 radical (unpaired) electrons. The van der Waals surface area contributed by atoms with E-state index in [0.29, 0.717) is 25.4 Å². The number of hydrogen-bond acceptors (Lipinski definition) is 4. The lowest BCUT2D eigenvalue weighted by atomic mass is 10.4. The van der Waals surface area contributed by atoms with E-state index in [1.54, 1.807) is 6.92 Å². The number of rotatable bonds is 12. The lowest BCUT2D eigenvalue weighted by Crippen LogP contribution is -2.31. The van der Waals surface area contributed by atoms with Crippen LogP contribution in [0.1, 0.15) is 33.1 Å². The summed E-state index contributed by atoms with van der Waals surface area (Å²) in [6.45, 7) is 14.1. The summed E-state index contributed by atoms with van der Waals surface area (Å²) in [6.07, 6.45) is 3.32. The van der Waals surface area contributed by atoms with E-state index in [2.05, 4.69) is 26.6 Å². The fourth-order valence-electron chi connectivity index (χ4n) is 1.58. The van der Waals surface area contributed by atoms with Crippen LogP contribution in [-0.2, 0) is 18.7 Å². The van der Waals surface area contributed by atoms with Gasteiger partial charge in [-0.15, -0.1) is 0 Å². The first-order valence-electron chi connectivity index (χ1n) is 7.43. The highest BCUT2D eigenvalue weighted by atomic mass is 28.4. The van der Waals surface area contributed by atoms with Crippen molar-refractivity contribution in [1.29, 1.82) is 0 Å². The predicted octanol–water partition coefficient (Wildman–Crippen LogP) is 3.53. The number of unbranched alkanes of at least 4 members (excludes halogenated alkanes) is 1. The quantitative estimate of drug-likeness (QED) is 0.239. The molecule has 0 unspecified atom stereocenters. The van der Waals surface area contributed by atoms with E-state index < -0.39 is 8.32 Å². The molecule has 4 nitrogen and oxygen atoms in total. The molecule has 0 heterocycles. The molecular weight excluding hydrogens is 272 g/mol. The Morgan fingerprint density at radius 1 is 1.10 bits per heavy atom. The van der Waals surface area contributed by atoms with Gasteiger partial charge in [-0.2, -0.15) is 0 Å². The summed E-state index contributed by atoms with van der Waals surface area (Å²) in [6, 6.07) is 1.10. The summed E-state index contributed by atoms with van der Waals surface area (Å²) >= 11 is 0. The molecule has 0 aliphatic heterocycles. The molecule has 0 saturated heterocycles. The normalized spacial score (nSPS) is 11.4. The zero-order valence-electron chi connectivity index (χ0n) is 13.5. The van der Waals surface area contributed by atoms with Crippen molar-refractivity contribution < 1.29 is 18.7 Å². The molecule has 0 saturated carbocycles. The summed E-state index contributed by atoms with van der Waals surface area (Å²) in [5.74, 6) is -0.355. The average Bonchev–Trinajstić information content (AvgIpc) is 2.37. The predicted molar refractivity (Wildman–Crippen MR) is 84.4 cm³/mol. The largest absolute Gasteiger partial charge is 0.460 e. The monoisotopic (exact) mass is 302 g/mol. The molecule has 0 aliphatic carbocycles. The van der Waals surface area contributed by atoms with Crippen molar-refractivity contribution in [2.45, 2.75) is 52.2 Å². The molecular formula is C15H30O4Si. The number of carbonyl (C=O) groups is 1. The molecule has 0 rings (SSSR count). The third-order valence-corrected chi connectivity index (χ3v) is 5.41. The minimum Gasteiger partial charge on any atom is -0.460 e. The van der Waals surface area contributed by atoms with Gasteiger partial charge in [0, 0.05) is 18.8 Å². The van der Waals surface area contributed by atoms with Gasteiger partial charge in [0.2, 0.25) is 0 Å². The number of esters is 1. The third-order valence-electron chi connectivity index (χ3n) is 2.87. The smallest absolute Gasteiger partial charge is 0.333 e. The maximum absolute atomic E-state index is 11.1. The zero-order valence-corrected chi connectivity index (χ0v) is 14.5. The second kappa shape index (κ2) is 11.1. The Morgan fingerprint density at radius 3 is 2.40 bits per heavy atom. The molecule has 20 heavy (non-hydrogen) atoms. The van der Waals surface area contributed by atoms with Gasteiger partial charge in [-0.1, -0.05) is 19.9 Å². The third kappa shape index (κ3) is 11.2. The minimum atomic E-state index is -1.52. The maximum atomic E-state index is 11.1. The van der Waals surface area contributed by atoms with Crippen molar-refractivity contribution in [2.24, 2.45) is 0 Å². The molecule has 5 heteroatoms. The van der Waals surface area contributed by atoms with E-state index in [1.807, 2.05) is 0 Å². The Morgan fingerprint density at radius 2 is 1.80 bits per heavy atom. The van der Waals surface area contributed by atoms with Crippen molar-refractivity contribution in [3.8, 4) is 0 Å². The molecule has 0 atom stereocenters. The topological polar surface area (TPSA) is 44.8 Å². The second-order valence-electron chi connectivity index (χ2n) is 5.59. The number of hydrogen-bond donors (Lipinski definition) is 0. The van der Waals surface area contributed by atoms with Gasteiger partial charge in [-0.3, -0.25) is 0 Å². The van der Waals surface area contributed by atoms with E-state index in [0.717, 1.165) is 25.5 Å². The van der Waals surface area contributed by atoms with Crippen molar-refractivity contribution in [3.05, 3.63) is 12.2 Å². The van der Waals surface area contributed by atoms with Gasteiger partial charge in [-0.25, -0.2) is 4.79 Å². The molecule has 0 amide bonds. The van der Waals surface area contributed by atoms with Crippen molar-refractivity contribution in [1.82, 2.24) is 0 Å². The lowest BCUT2D eigenvalue weighted by molar-refractivity contribution is -0.140. The van der Waals surface area contributed by atoms with Gasteiger partial charge >= 0.3 is 5.97 Å². The fraction of sp³-hybridized carbons (Fsp3) is 0.800. The summed E-state index contributed by atoms with van der Waals surface area (Å²) in [7, 11) is -1.52. The van der Waals surface area contributed by atoms with E-state index >= 15 is 0 Å². The number of carbonyl (C=O) groups excluding carboxylic acids is 1. The Labute approximate surface area is 124 Å². The van der Waals surface area contributed by atoms with Crippen molar-refractivity contribution >= 4 is 14.3 Å². The van der Waals surface area contributed by atoms with Crippen LogP contribution in [0, 0.1) is 0 Å². The maximum Gasteiger partial charge on any atom is 0.333 e. The molecule has 0 fully saturated rings. The summed E-state index contributed by atoms with van der Waals surface area (Å²) < 4.78 is 16.3. The Balaban J connectivity index is 3.47. The highest BCUT2D eigenvalue weighted by molar-refractivity contribution is 6.71. The molecule has 0 aliphatic rings. The average molecular weight is 302 g/mol. The van der Waals surface area contributed by atoms with Crippen molar-refractivity contribution in [3.63, 3.8) is 0 Å². The molecule has 0 aromatic heterocycles. The van der Waals surface area contributed by atoms with Gasteiger partial charge in [0.05, 0.1) is 6.61 Å². The van der Waals surface area contributed by atoms with Gasteiger partial charge in [0.15, 0.2) is 8.32 Å². The van der Waals surface area contributed by atoms with Gasteiger partial charge in [0.25, 0.3) is 0 Å². The van der Waals surface area contributed by atoms with E-state index in [9.17, 15) is 4.79 Å². The Kier molecular flexibility index (Phi) is 10.7. The van der Waals surface area contributed by atoms with Crippen LogP contribution in [0.25, 0.3) is 0 Å². The van der Waals surface area contributed by atoms with Crippen LogP contribution in [0.5, 0.6) is 0 Å². The summed E-state index contributed by atoms with van der Waals surface area (Å²) in [5.41, 5.74) is 0.418. The second-order valence-corrected chi connectivity index (χ2v) is 9.90. The first-order chi connectivity index (χ1) is 9.39. The standard InChI is InChI=1S/C15H30O4Si/c1-6-7-10-19-20(4,5)13-8-9-17-11-12-18-15(16)14(2)3/h2,6-13H2,1,3-5H3. The molecule has 0 aromatic carbocycles. The van der Waals surface area contributed by atoms with Crippen LogP contribution in [0.2, 0.25) is 19.1 Å². The summed E-state index contributed by atoms with van der Waals surface area (Å²) in [4.78, 5) is 11.1. The molecule has 0 bridgehead atoms. The fourth-order valence-corrected chi connectivity index (χ4v) is 3.42. The van der Waals surface area contributed by atoms with Crippen LogP contribution in [-0.4, -0.2) is 40.7 Å². The van der Waals surface area contributed by atoms with Crippen LogP contribution in [0.4, 0.5) is 0 Å². The molecule has 0 N–H and O–H groups in total. The number of ether oxygens (including phenoxy) is 2. The first kappa shape index (κ1) is 19.3. The van der Waals surface area contributed by atoms with Crippen molar-refractivity contribution in [2.75, 3.05) is 26.4 Å². The van der Waals surface area contributed by atoms with Gasteiger partial charge < -0.3 is 13.9 Å². The molecule has 118 valence electrons. The molecule has 0 spiro atoms. The highest BCUT2D eigenvalue weighted by Gasteiger charge is 2.21. The molecule has 0 aromatic rings. The van der Waals surface area contributed by atoms with E-state index in [-0.39, 0.29) is 5.97 Å². The van der Waals surface area contributed by atoms with Gasteiger partial charge in [-0.05, 0) is 38.9 Å². The first-order valence-corrected chi connectivity index (χ1v) is 10.5. The van der Waals surface area contributed by atoms with Crippen LogP contribution < -0.4 is 0 Å². The Hall–Kier alpha value is -0.653. The van der Waals surface area contributed by atoms with E-state index in [4.69, 9.17) is 13.9 Å². The Bertz CT molecular complexity index is 290. The lowest BCUT2D eigenvalue weighted by Gasteiger charge is -2.22. The van der Waals surface area contributed by atoms with Crippen LogP contribution in [0.15, 0.2) is 12.2 Å².